The summed E-state index contributed by atoms with van der Waals surface area (Å²) in [5, 5.41) is 3.60. The minimum absolute atomic E-state index is 0.138. The van der Waals surface area contributed by atoms with Crippen molar-refractivity contribution in [3.8, 4) is 0 Å². The van der Waals surface area contributed by atoms with Gasteiger partial charge in [0.05, 0.1) is 5.69 Å². The largest absolute Gasteiger partial charge is 0.360 e. The highest BCUT2D eigenvalue weighted by molar-refractivity contribution is 7.88. The Labute approximate surface area is 77.4 Å². The zero-order valence-electron chi connectivity index (χ0n) is 7.81. The van der Waals surface area contributed by atoms with Crippen LogP contribution in [0.1, 0.15) is 11.5 Å². The molecule has 0 aliphatic heterocycles. The molecule has 0 aliphatic rings. The number of rotatable bonds is 3. The Bertz CT molecular complexity index is 380. The topological polar surface area (TPSA) is 63.4 Å². The van der Waals surface area contributed by atoms with E-state index in [1.54, 1.807) is 13.0 Å². The van der Waals surface area contributed by atoms with Crippen molar-refractivity contribution in [2.24, 2.45) is 0 Å². The van der Waals surface area contributed by atoms with Gasteiger partial charge in [0, 0.05) is 20.2 Å². The van der Waals surface area contributed by atoms with Gasteiger partial charge in [-0.15, -0.1) is 0 Å². The first kappa shape index (κ1) is 10.2. The van der Waals surface area contributed by atoms with E-state index in [2.05, 4.69) is 5.16 Å². The maximum atomic E-state index is 11.3. The molecule has 1 rings (SSSR count). The predicted molar refractivity (Wildman–Crippen MR) is 47.6 cm³/mol. The molecule has 0 unspecified atom stereocenters. The molecule has 0 fully saturated rings. The van der Waals surface area contributed by atoms with Gasteiger partial charge in [0.1, 0.15) is 5.75 Å². The minimum Gasteiger partial charge on any atom is -0.360 e. The quantitative estimate of drug-likeness (QED) is 0.713. The molecule has 6 heteroatoms. The highest BCUT2D eigenvalue weighted by Gasteiger charge is 2.17. The summed E-state index contributed by atoms with van der Waals surface area (Å²) in [7, 11) is -0.269. The Hall–Kier alpha value is -0.880. The predicted octanol–water partition coefficient (Wildman–Crippen LogP) is 0.374. The second-order valence-corrected chi connectivity index (χ2v) is 5.16. The lowest BCUT2D eigenvalue weighted by Crippen LogP contribution is -2.23. The van der Waals surface area contributed by atoms with Gasteiger partial charge in [-0.05, 0) is 6.92 Å². The van der Waals surface area contributed by atoms with Crippen LogP contribution in [0.15, 0.2) is 10.6 Å². The lowest BCUT2D eigenvalue weighted by atomic mass is 10.4. The number of sulfonamides is 1. The molecular weight excluding hydrogens is 192 g/mol. The highest BCUT2D eigenvalue weighted by Crippen LogP contribution is 2.08. The van der Waals surface area contributed by atoms with Crippen molar-refractivity contribution in [2.75, 3.05) is 14.1 Å². The van der Waals surface area contributed by atoms with E-state index in [1.807, 2.05) is 0 Å². The molecule has 1 aromatic rings. The van der Waals surface area contributed by atoms with Crippen LogP contribution < -0.4 is 0 Å². The average Bonchev–Trinajstić information content (AvgIpc) is 2.34. The summed E-state index contributed by atoms with van der Waals surface area (Å²) < 4.78 is 28.6. The molecule has 0 saturated carbocycles. The Morgan fingerprint density at radius 1 is 1.54 bits per heavy atom. The van der Waals surface area contributed by atoms with Gasteiger partial charge in [-0.2, -0.15) is 0 Å². The van der Waals surface area contributed by atoms with Gasteiger partial charge in [-0.25, -0.2) is 12.7 Å². The minimum atomic E-state index is -3.24. The standard InChI is InChI=1S/C7H12N2O3S/c1-6-4-7(12-8-6)5-13(10,11)9(2)3/h4H,5H2,1-3H3. The van der Waals surface area contributed by atoms with Crippen molar-refractivity contribution in [3.63, 3.8) is 0 Å². The van der Waals surface area contributed by atoms with Crippen LogP contribution in [0.3, 0.4) is 0 Å². The van der Waals surface area contributed by atoms with Crippen LogP contribution >= 0.6 is 0 Å². The van der Waals surface area contributed by atoms with Crippen LogP contribution in [0.2, 0.25) is 0 Å². The van der Waals surface area contributed by atoms with Crippen LogP contribution in [0, 0.1) is 6.92 Å². The SMILES string of the molecule is Cc1cc(CS(=O)(=O)N(C)C)on1. The Morgan fingerprint density at radius 3 is 2.54 bits per heavy atom. The molecule has 1 aromatic heterocycles. The third-order valence-corrected chi connectivity index (χ3v) is 3.32. The Kier molecular flexibility index (Phi) is 2.72. The van der Waals surface area contributed by atoms with Gasteiger partial charge in [-0.3, -0.25) is 0 Å². The molecule has 0 N–H and O–H groups in total. The van der Waals surface area contributed by atoms with E-state index in [0.717, 1.165) is 4.31 Å². The molecule has 5 nitrogen and oxygen atoms in total. The van der Waals surface area contributed by atoms with Gasteiger partial charge in [0.25, 0.3) is 0 Å². The first-order valence-electron chi connectivity index (χ1n) is 3.74. The van der Waals surface area contributed by atoms with Crippen LogP contribution in [0.25, 0.3) is 0 Å². The van der Waals surface area contributed by atoms with Gasteiger partial charge in [0.2, 0.25) is 10.0 Å². The fourth-order valence-electron chi connectivity index (χ4n) is 0.793. The molecule has 74 valence electrons. The van der Waals surface area contributed by atoms with E-state index in [0.29, 0.717) is 11.5 Å². The fraction of sp³-hybridized carbons (Fsp3) is 0.571. The zero-order chi connectivity index (χ0) is 10.1. The zero-order valence-corrected chi connectivity index (χ0v) is 8.63. The van der Waals surface area contributed by atoms with E-state index in [9.17, 15) is 8.42 Å². The van der Waals surface area contributed by atoms with Crippen LogP contribution in [-0.4, -0.2) is 32.0 Å². The average molecular weight is 204 g/mol. The van der Waals surface area contributed by atoms with Crippen LogP contribution in [-0.2, 0) is 15.8 Å². The number of hydrogen-bond donors (Lipinski definition) is 0. The molecule has 0 bridgehead atoms. The first-order valence-corrected chi connectivity index (χ1v) is 5.35. The van der Waals surface area contributed by atoms with Crippen molar-refractivity contribution >= 4 is 10.0 Å². The molecule has 0 spiro atoms. The van der Waals surface area contributed by atoms with E-state index in [-0.39, 0.29) is 5.75 Å². The van der Waals surface area contributed by atoms with E-state index >= 15 is 0 Å². The van der Waals surface area contributed by atoms with Crippen molar-refractivity contribution in [1.29, 1.82) is 0 Å². The van der Waals surface area contributed by atoms with Crippen molar-refractivity contribution in [3.05, 3.63) is 17.5 Å². The summed E-state index contributed by atoms with van der Waals surface area (Å²) in [5.74, 6) is 0.229. The molecule has 0 radical (unpaired) electrons. The summed E-state index contributed by atoms with van der Waals surface area (Å²) in [6.45, 7) is 1.75. The van der Waals surface area contributed by atoms with Gasteiger partial charge in [0.15, 0.2) is 5.76 Å². The normalized spacial score (nSPS) is 12.3. The van der Waals surface area contributed by atoms with Crippen molar-refractivity contribution in [1.82, 2.24) is 9.46 Å². The number of aryl methyl sites for hydroxylation is 1. The second-order valence-electron chi connectivity index (χ2n) is 2.97. The van der Waals surface area contributed by atoms with E-state index < -0.39 is 10.0 Å². The third kappa shape index (κ3) is 2.53. The number of hydrogen-bond acceptors (Lipinski definition) is 4. The molecule has 0 saturated heterocycles. The second kappa shape index (κ2) is 3.47. The molecule has 0 aromatic carbocycles. The lowest BCUT2D eigenvalue weighted by Gasteiger charge is -2.08. The van der Waals surface area contributed by atoms with Crippen LogP contribution in [0.5, 0.6) is 0 Å². The summed E-state index contributed by atoms with van der Waals surface area (Å²) >= 11 is 0. The van der Waals surface area contributed by atoms with Gasteiger partial charge < -0.3 is 4.52 Å². The summed E-state index contributed by atoms with van der Waals surface area (Å²) in [5.41, 5.74) is 0.684. The monoisotopic (exact) mass is 204 g/mol. The summed E-state index contributed by atoms with van der Waals surface area (Å²) in [6.07, 6.45) is 0. The molecule has 1 heterocycles. The Balaban J connectivity index is 2.81. The van der Waals surface area contributed by atoms with Gasteiger partial charge >= 0.3 is 0 Å². The lowest BCUT2D eigenvalue weighted by molar-refractivity contribution is 0.386. The van der Waals surface area contributed by atoms with E-state index in [4.69, 9.17) is 4.52 Å². The number of aromatic nitrogens is 1. The molecule has 0 aliphatic carbocycles. The van der Waals surface area contributed by atoms with Crippen molar-refractivity contribution in [2.45, 2.75) is 12.7 Å². The molecular formula is C7H12N2O3S. The maximum absolute atomic E-state index is 11.3. The molecule has 0 atom stereocenters. The maximum Gasteiger partial charge on any atom is 0.221 e. The van der Waals surface area contributed by atoms with Gasteiger partial charge in [-0.1, -0.05) is 5.16 Å². The molecule has 13 heavy (non-hydrogen) atoms. The highest BCUT2D eigenvalue weighted by atomic mass is 32.2. The van der Waals surface area contributed by atoms with Crippen molar-refractivity contribution < 1.29 is 12.9 Å². The smallest absolute Gasteiger partial charge is 0.221 e. The molecule has 0 amide bonds. The Morgan fingerprint density at radius 2 is 2.15 bits per heavy atom. The first-order chi connectivity index (χ1) is 5.92. The van der Waals surface area contributed by atoms with E-state index in [1.165, 1.54) is 14.1 Å². The third-order valence-electron chi connectivity index (χ3n) is 1.56. The fourth-order valence-corrected chi connectivity index (χ4v) is 1.55. The van der Waals surface area contributed by atoms with Crippen LogP contribution in [0.4, 0.5) is 0 Å². The summed E-state index contributed by atoms with van der Waals surface area (Å²) in [4.78, 5) is 0. The number of nitrogens with zero attached hydrogens (tertiary/aromatic N) is 2. The summed E-state index contributed by atoms with van der Waals surface area (Å²) in [6, 6.07) is 1.61.